The van der Waals surface area contributed by atoms with Crippen molar-refractivity contribution in [3.05, 3.63) is 0 Å². The monoisotopic (exact) mass is 314 g/mol. The quantitative estimate of drug-likeness (QED) is 0.629. The summed E-state index contributed by atoms with van der Waals surface area (Å²) in [6.45, 7) is 6.05. The average molecular weight is 315 g/mol. The molecule has 2 rings (SSSR count). The van der Waals surface area contributed by atoms with Crippen molar-refractivity contribution in [3.8, 4) is 0 Å². The first-order chi connectivity index (χ1) is 9.37. The Morgan fingerprint density at radius 3 is 2.30 bits per heavy atom. The second-order valence-electron chi connectivity index (χ2n) is 6.70. The lowest BCUT2D eigenvalue weighted by Crippen LogP contribution is -2.55. The van der Waals surface area contributed by atoms with Crippen molar-refractivity contribution in [3.63, 3.8) is 0 Å². The molecule has 2 N–H and O–H groups in total. The van der Waals surface area contributed by atoms with Crippen LogP contribution in [0.1, 0.15) is 52.4 Å². The van der Waals surface area contributed by atoms with Crippen LogP contribution in [-0.4, -0.2) is 39.4 Å². The Hall–Kier alpha value is -0.290. The Morgan fingerprint density at radius 2 is 1.80 bits per heavy atom. The summed E-state index contributed by atoms with van der Waals surface area (Å²) in [5.41, 5.74) is 5.46. The van der Waals surface area contributed by atoms with Crippen LogP contribution < -0.4 is 5.73 Å². The molecule has 0 aromatic carbocycles. The van der Waals surface area contributed by atoms with Crippen molar-refractivity contribution >= 4 is 34.9 Å². The lowest BCUT2D eigenvalue weighted by molar-refractivity contribution is -0.139. The van der Waals surface area contributed by atoms with E-state index in [1.54, 1.807) is 0 Å². The van der Waals surface area contributed by atoms with E-state index in [1.165, 1.54) is 12.8 Å². The molecule has 1 aliphatic heterocycles. The van der Waals surface area contributed by atoms with Gasteiger partial charge in [-0.25, -0.2) is 0 Å². The number of nitrogens with zero attached hydrogens (tertiary/aromatic N) is 1. The van der Waals surface area contributed by atoms with Gasteiger partial charge < -0.3 is 10.6 Å². The smallest absolute Gasteiger partial charge is 0.235 e. The number of hydrogen-bond donors (Lipinski definition) is 1. The van der Waals surface area contributed by atoms with E-state index >= 15 is 0 Å². The minimum Gasteiger partial charge on any atom is -0.392 e. The summed E-state index contributed by atoms with van der Waals surface area (Å²) >= 11 is 7.26. The molecule has 0 aromatic rings. The normalized spacial score (nSPS) is 25.8. The molecule has 2 aliphatic rings. The number of thiocarbonyl (C=S) groups is 1. The molecule has 0 atom stereocenters. The third-order valence-corrected chi connectivity index (χ3v) is 6.24. The fourth-order valence-corrected chi connectivity index (χ4v) is 4.79. The molecule has 0 aromatic heterocycles. The predicted octanol–water partition coefficient (Wildman–Crippen LogP) is 2.97. The van der Waals surface area contributed by atoms with Crippen LogP contribution >= 0.6 is 24.0 Å². The highest BCUT2D eigenvalue weighted by Crippen LogP contribution is 2.39. The first-order valence-electron chi connectivity index (χ1n) is 7.61. The fourth-order valence-electron chi connectivity index (χ4n) is 3.39. The van der Waals surface area contributed by atoms with Gasteiger partial charge in [0.2, 0.25) is 5.91 Å². The zero-order valence-electron chi connectivity index (χ0n) is 12.6. The van der Waals surface area contributed by atoms with Crippen molar-refractivity contribution in [2.45, 2.75) is 57.1 Å². The molecule has 0 unspecified atom stereocenters. The van der Waals surface area contributed by atoms with Gasteiger partial charge in [-0.3, -0.25) is 4.79 Å². The number of nitrogens with two attached hydrogens (primary N) is 1. The molecule has 1 aliphatic carbocycles. The van der Waals surface area contributed by atoms with E-state index in [0.29, 0.717) is 4.99 Å². The SMILES string of the molecule is CC1(C)CN(C(=O)C2(C(N)=S)CCCCCC2)CCS1. The van der Waals surface area contributed by atoms with E-state index in [9.17, 15) is 4.79 Å². The van der Waals surface area contributed by atoms with Crippen molar-refractivity contribution in [1.82, 2.24) is 4.90 Å². The first kappa shape index (κ1) is 16.1. The molecule has 1 saturated carbocycles. The summed E-state index contributed by atoms with van der Waals surface area (Å²) in [5, 5.41) is 0. The van der Waals surface area contributed by atoms with Gasteiger partial charge >= 0.3 is 0 Å². The van der Waals surface area contributed by atoms with E-state index in [1.807, 2.05) is 16.7 Å². The molecule has 2 fully saturated rings. The Balaban J connectivity index is 2.20. The van der Waals surface area contributed by atoms with Crippen LogP contribution in [-0.2, 0) is 4.79 Å². The van der Waals surface area contributed by atoms with Gasteiger partial charge in [-0.1, -0.05) is 37.9 Å². The fraction of sp³-hybridized carbons (Fsp3) is 0.867. The summed E-state index contributed by atoms with van der Waals surface area (Å²) in [4.78, 5) is 15.5. The molecule has 0 radical (unpaired) electrons. The van der Waals surface area contributed by atoms with E-state index < -0.39 is 5.41 Å². The molecule has 3 nitrogen and oxygen atoms in total. The number of hydrogen-bond acceptors (Lipinski definition) is 3. The Bertz CT molecular complexity index is 387. The number of amides is 1. The minimum absolute atomic E-state index is 0.135. The van der Waals surface area contributed by atoms with Crippen molar-refractivity contribution in [2.75, 3.05) is 18.8 Å². The van der Waals surface area contributed by atoms with E-state index in [4.69, 9.17) is 18.0 Å². The largest absolute Gasteiger partial charge is 0.392 e. The molecule has 20 heavy (non-hydrogen) atoms. The number of rotatable bonds is 2. The highest BCUT2D eigenvalue weighted by Gasteiger charge is 2.45. The Kier molecular flexibility index (Phi) is 5.00. The van der Waals surface area contributed by atoms with Crippen molar-refractivity contribution < 1.29 is 4.79 Å². The average Bonchev–Trinajstić information content (AvgIpc) is 2.63. The van der Waals surface area contributed by atoms with Gasteiger partial charge in [0.05, 0.1) is 10.4 Å². The Labute approximate surface area is 132 Å². The van der Waals surface area contributed by atoms with Crippen molar-refractivity contribution in [1.29, 1.82) is 0 Å². The van der Waals surface area contributed by atoms with E-state index in [0.717, 1.165) is 44.5 Å². The van der Waals surface area contributed by atoms with Gasteiger partial charge in [-0.2, -0.15) is 11.8 Å². The van der Waals surface area contributed by atoms with Crippen LogP contribution in [0.15, 0.2) is 0 Å². The molecule has 1 heterocycles. The van der Waals surface area contributed by atoms with Crippen LogP contribution in [0.4, 0.5) is 0 Å². The summed E-state index contributed by atoms with van der Waals surface area (Å²) in [5.74, 6) is 1.20. The lowest BCUT2D eigenvalue weighted by atomic mass is 9.78. The maximum atomic E-state index is 13.1. The standard InChI is InChI=1S/C15H26N2OS2/c1-14(2)11-17(9-10-20-14)13(18)15(12(16)19)7-5-3-4-6-8-15/h3-11H2,1-2H3,(H2,16,19). The maximum Gasteiger partial charge on any atom is 0.235 e. The third kappa shape index (κ3) is 3.30. The van der Waals surface area contributed by atoms with Gasteiger partial charge in [0.1, 0.15) is 0 Å². The first-order valence-corrected chi connectivity index (χ1v) is 9.00. The number of carbonyl (C=O) groups excluding carboxylic acids is 1. The van der Waals surface area contributed by atoms with E-state index in [-0.39, 0.29) is 10.7 Å². The highest BCUT2D eigenvalue weighted by molar-refractivity contribution is 8.00. The zero-order valence-corrected chi connectivity index (χ0v) is 14.2. The summed E-state index contributed by atoms with van der Waals surface area (Å²) in [6, 6.07) is 0. The second-order valence-corrected chi connectivity index (χ2v) is 8.94. The van der Waals surface area contributed by atoms with Gasteiger partial charge in [0.15, 0.2) is 0 Å². The van der Waals surface area contributed by atoms with Crippen LogP contribution in [0.3, 0.4) is 0 Å². The van der Waals surface area contributed by atoms with Gasteiger partial charge in [-0.05, 0) is 26.7 Å². The highest BCUT2D eigenvalue weighted by atomic mass is 32.2. The van der Waals surface area contributed by atoms with Crippen LogP contribution in [0.25, 0.3) is 0 Å². The zero-order chi connectivity index (χ0) is 14.8. The number of carbonyl (C=O) groups is 1. The Morgan fingerprint density at radius 1 is 1.20 bits per heavy atom. The molecular weight excluding hydrogens is 288 g/mol. The molecule has 0 bridgehead atoms. The van der Waals surface area contributed by atoms with Gasteiger partial charge in [0.25, 0.3) is 0 Å². The number of thioether (sulfide) groups is 1. The summed E-state index contributed by atoms with van der Waals surface area (Å²) in [7, 11) is 0. The molecule has 114 valence electrons. The summed E-state index contributed by atoms with van der Waals surface area (Å²) < 4.78 is 0.135. The summed E-state index contributed by atoms with van der Waals surface area (Å²) in [6.07, 6.45) is 6.19. The molecule has 0 spiro atoms. The molecule has 1 amide bonds. The van der Waals surface area contributed by atoms with Crippen LogP contribution in [0.5, 0.6) is 0 Å². The minimum atomic E-state index is -0.566. The van der Waals surface area contributed by atoms with Gasteiger partial charge in [0, 0.05) is 23.6 Å². The lowest BCUT2D eigenvalue weighted by Gasteiger charge is -2.42. The predicted molar refractivity (Wildman–Crippen MR) is 90.0 cm³/mol. The van der Waals surface area contributed by atoms with Gasteiger partial charge in [-0.15, -0.1) is 0 Å². The van der Waals surface area contributed by atoms with E-state index in [2.05, 4.69) is 13.8 Å². The second kappa shape index (κ2) is 6.22. The maximum absolute atomic E-state index is 13.1. The topological polar surface area (TPSA) is 46.3 Å². The molecular formula is C15H26N2OS2. The third-order valence-electron chi connectivity index (χ3n) is 4.55. The van der Waals surface area contributed by atoms with Crippen molar-refractivity contribution in [2.24, 2.45) is 11.1 Å². The molecule has 1 saturated heterocycles. The molecule has 5 heteroatoms. The van der Waals surface area contributed by atoms with Crippen LogP contribution in [0.2, 0.25) is 0 Å². The van der Waals surface area contributed by atoms with Crippen LogP contribution in [0, 0.1) is 5.41 Å².